The lowest BCUT2D eigenvalue weighted by molar-refractivity contribution is -0.138. The van der Waals surface area contributed by atoms with Crippen LogP contribution in [-0.4, -0.2) is 239 Å². The molecule has 0 bridgehead atoms. The van der Waals surface area contributed by atoms with Crippen LogP contribution in [-0.2, 0) is 75.7 Å². The number of aryl methyl sites for hydroxylation is 1. The Morgan fingerprint density at radius 3 is 1.67 bits per heavy atom. The first-order valence-electron chi connectivity index (χ1n) is 40.5. The van der Waals surface area contributed by atoms with E-state index in [0.29, 0.717) is 118 Å². The lowest BCUT2D eigenvalue weighted by Gasteiger charge is -2.34. The van der Waals surface area contributed by atoms with Crippen LogP contribution in [0.5, 0.6) is 11.5 Å². The number of halogens is 2. The summed E-state index contributed by atoms with van der Waals surface area (Å²) in [5, 5.41) is 25.3. The summed E-state index contributed by atoms with van der Waals surface area (Å²) in [7, 11) is -7.65. The Labute approximate surface area is 742 Å². The smallest absolute Gasteiger partial charge is 0.258 e. The fourth-order valence-electron chi connectivity index (χ4n) is 14.6. The maximum absolute atomic E-state index is 13.9. The Hall–Kier alpha value is -11.5. The zero-order chi connectivity index (χ0) is 87.8. The lowest BCUT2D eigenvalue weighted by atomic mass is 10.0. The van der Waals surface area contributed by atoms with Crippen LogP contribution in [0.2, 0.25) is 0 Å². The van der Waals surface area contributed by atoms with Gasteiger partial charge in [0.15, 0.2) is 25.5 Å². The van der Waals surface area contributed by atoms with Crippen LogP contribution < -0.4 is 46.3 Å². The van der Waals surface area contributed by atoms with Gasteiger partial charge in [0.1, 0.15) is 58.7 Å². The number of aromatic nitrogens is 8. The van der Waals surface area contributed by atoms with E-state index in [1.165, 1.54) is 28.5 Å². The van der Waals surface area contributed by atoms with Crippen molar-refractivity contribution in [2.24, 2.45) is 0 Å². The minimum Gasteiger partial charge on any atom is -0.492 e. The highest BCUT2D eigenvalue weighted by Gasteiger charge is 2.43. The van der Waals surface area contributed by atoms with E-state index in [1.807, 2.05) is 36.9 Å². The van der Waals surface area contributed by atoms with Gasteiger partial charge in [0.05, 0.1) is 94.7 Å². The summed E-state index contributed by atoms with van der Waals surface area (Å²) >= 11 is 1.56. The van der Waals surface area contributed by atoms with Crippen molar-refractivity contribution in [2.45, 2.75) is 132 Å². The predicted molar refractivity (Wildman–Crippen MR) is 475 cm³/mol. The third-order valence-electron chi connectivity index (χ3n) is 21.8. The molecule has 7 N–H and O–H groups in total. The molecule has 5 aromatic heterocycles. The molecule has 3 fully saturated rings. The summed E-state index contributed by atoms with van der Waals surface area (Å²) < 4.78 is 88.7. The fraction of sp³-hybridized carbons (Fsp3) is 0.400. The number of nitrogens with one attached hydrogen (secondary N) is 7. The number of pyridine rings is 1. The number of thiazole rings is 1. The van der Waals surface area contributed by atoms with Crippen molar-refractivity contribution in [1.82, 2.24) is 65.4 Å². The summed E-state index contributed by atoms with van der Waals surface area (Å²) in [5.74, 6) is -1.28. The van der Waals surface area contributed by atoms with Gasteiger partial charge in [-0.2, -0.15) is 5.10 Å². The van der Waals surface area contributed by atoms with Crippen LogP contribution in [0.3, 0.4) is 0 Å². The van der Waals surface area contributed by atoms with Gasteiger partial charge in [0, 0.05) is 156 Å². The minimum absolute atomic E-state index is 0. The number of ether oxygens (including phenoxy) is 6. The molecule has 5 aliphatic rings. The van der Waals surface area contributed by atoms with Crippen molar-refractivity contribution in [2.75, 3.05) is 125 Å². The summed E-state index contributed by atoms with van der Waals surface area (Å²) in [4.78, 5) is 134. The van der Waals surface area contributed by atoms with Gasteiger partial charge in [-0.1, -0.05) is 12.1 Å². The topological polar surface area (TPSA) is 451 Å². The van der Waals surface area contributed by atoms with Gasteiger partial charge in [-0.15, -0.1) is 36.2 Å². The molecule has 0 radical (unpaired) electrons. The number of benzene rings is 5. The van der Waals surface area contributed by atoms with Gasteiger partial charge in [-0.05, 0) is 135 Å². The van der Waals surface area contributed by atoms with Crippen molar-refractivity contribution in [1.29, 1.82) is 0 Å². The van der Waals surface area contributed by atoms with Crippen LogP contribution in [0.1, 0.15) is 127 Å². The maximum Gasteiger partial charge on any atom is 0.258 e. The minimum atomic E-state index is -3.83. The van der Waals surface area contributed by atoms with Crippen molar-refractivity contribution in [3.63, 3.8) is 0 Å². The molecule has 0 aliphatic carbocycles. The predicted octanol–water partition coefficient (Wildman–Crippen LogP) is 9.53. The van der Waals surface area contributed by atoms with E-state index in [0.717, 1.165) is 46.8 Å². The molecule has 10 aromatic rings. The first-order valence-corrected chi connectivity index (χ1v) is 44.3. The Balaban J connectivity index is 0.000000226. The van der Waals surface area contributed by atoms with Gasteiger partial charge in [0.2, 0.25) is 35.5 Å². The summed E-state index contributed by atoms with van der Waals surface area (Å²) in [6.45, 7) is 19.5. The first kappa shape index (κ1) is 93.6. The Bertz CT molecular complexity index is 6000. The highest BCUT2D eigenvalue weighted by molar-refractivity contribution is 7.93. The molecule has 8 amide bonds. The van der Waals surface area contributed by atoms with E-state index in [9.17, 15) is 55.2 Å². The molecule has 0 spiro atoms. The molecule has 15 rings (SSSR count). The summed E-state index contributed by atoms with van der Waals surface area (Å²) in [6, 6.07) is 22.7. The second-order valence-electron chi connectivity index (χ2n) is 32.1. The Morgan fingerprint density at radius 2 is 1.11 bits per heavy atom. The van der Waals surface area contributed by atoms with Crippen molar-refractivity contribution < 1.29 is 83.6 Å². The standard InChI is InChI=1S/C43H48N6O11S2.C42H48N12O7S.2ClH/c1-43(2,3)62(54,55)38-22-29-32(46-27-7-9-37-34(21-27)45-26-61-37)11-12-44-33(29)23-36(38)60-20-19-58-16-15-56-13-14-57-17-18-59-25-40(51)47-31-6-4-5-28-30(31)24-49(42(28)53)35-8-10-39(50)48-41(35)52;1-24-25(2)50-51-36(24)49-37-28-18-34(62(59,60)42(3,4)5)33(19-31(28)45-23-46-37)61-17-7-12-52-13-15-53(16-14-52)41-43-20-26(21-44-41)38(56)47-30-9-6-8-27-29(30)22-54(40(27)58)32-10-11-35(55)48-39(32)57;;/h4-7,9,11-12,21-23,26,35H,8,10,13-20,24-25H2,1-3H3,(H,44,46)(H,47,51)(H,48,50,52);6,8-9,18-21,23,32H,7,10-17,22H2,1-5H3,(H,47,56)(H,48,55,57)(H2,45,46,49,50,51);2*1H/t;32-;;/m.0../s1. The number of nitrogens with zero attached hydrogens (tertiary/aromatic N) is 11. The van der Waals surface area contributed by atoms with Crippen LogP contribution in [0.15, 0.2) is 125 Å². The van der Waals surface area contributed by atoms with Crippen LogP contribution in [0.4, 0.5) is 40.3 Å². The molecule has 10 heterocycles. The second-order valence-corrected chi connectivity index (χ2v) is 38.3. The molecule has 36 nitrogen and oxygen atoms in total. The molecule has 2 atom stereocenters. The molecule has 5 aromatic carbocycles. The van der Waals surface area contributed by atoms with Gasteiger partial charge in [-0.3, -0.25) is 64.0 Å². The molecule has 3 saturated heterocycles. The van der Waals surface area contributed by atoms with Crippen LogP contribution in [0.25, 0.3) is 32.0 Å². The van der Waals surface area contributed by atoms with Gasteiger partial charge in [0.25, 0.3) is 17.7 Å². The largest absolute Gasteiger partial charge is 0.492 e. The number of amides is 8. The number of fused-ring (bicyclic) bond motifs is 5. The Morgan fingerprint density at radius 1 is 0.563 bits per heavy atom. The zero-order valence-electron chi connectivity index (χ0n) is 70.5. The maximum atomic E-state index is 13.9. The molecular weight excluding hydrogens is 1730 g/mol. The van der Waals surface area contributed by atoms with Crippen molar-refractivity contribution >= 4 is 175 Å². The number of sulfone groups is 2. The highest BCUT2D eigenvalue weighted by Crippen LogP contribution is 2.42. The first-order chi connectivity index (χ1) is 59.4. The van der Waals surface area contributed by atoms with Crippen LogP contribution in [0, 0.1) is 13.8 Å². The van der Waals surface area contributed by atoms with Crippen molar-refractivity contribution in [3.8, 4) is 11.5 Å². The van der Waals surface area contributed by atoms with E-state index in [-0.39, 0.29) is 160 Å². The van der Waals surface area contributed by atoms with E-state index < -0.39 is 64.9 Å². The zero-order valence-corrected chi connectivity index (χ0v) is 74.6. The summed E-state index contributed by atoms with van der Waals surface area (Å²) in [5.41, 5.74) is 10.2. The van der Waals surface area contributed by atoms with E-state index in [1.54, 1.807) is 131 Å². The molecule has 5 aliphatic heterocycles. The quantitative estimate of drug-likeness (QED) is 0.0152. The van der Waals surface area contributed by atoms with E-state index in [2.05, 4.69) is 76.9 Å². The number of piperazine rings is 1. The third kappa shape index (κ3) is 21.2. The third-order valence-corrected chi connectivity index (χ3v) is 27.6. The molecule has 41 heteroatoms. The fourth-order valence-corrected chi connectivity index (χ4v) is 17.9. The van der Waals surface area contributed by atoms with Gasteiger partial charge >= 0.3 is 0 Å². The number of hydrogen-bond acceptors (Lipinski definition) is 30. The molecule has 0 saturated carbocycles. The number of anilines is 7. The normalized spacial score (nSPS) is 16.2. The van der Waals surface area contributed by atoms with E-state index >= 15 is 0 Å². The van der Waals surface area contributed by atoms with E-state index in [4.69, 9.17) is 28.4 Å². The lowest BCUT2D eigenvalue weighted by Crippen LogP contribution is -2.52. The molecule has 668 valence electrons. The number of imide groups is 2. The number of carbonyl (C=O) groups is 8. The number of carbonyl (C=O) groups excluding carboxylic acids is 8. The number of piperidine rings is 2. The number of aromatic amines is 1. The average Bonchev–Trinajstić information content (AvgIpc) is 1.19. The second kappa shape index (κ2) is 40.4. The summed E-state index contributed by atoms with van der Waals surface area (Å²) in [6.07, 6.45) is 7.45. The van der Waals surface area contributed by atoms with Crippen LogP contribution >= 0.6 is 36.2 Å². The number of rotatable bonds is 32. The van der Waals surface area contributed by atoms with Gasteiger partial charge in [-0.25, -0.2) is 41.8 Å². The highest BCUT2D eigenvalue weighted by atomic mass is 35.5. The SMILES string of the molecule is CC(C)(C)S(=O)(=O)c1cc2c(Nc3ccc4scnc4c3)ccnc2cc1OCCOCCOCCOCCOCC(=O)Nc1cccc2c1CN(C1CCC(=O)NC1=O)C2=O.Cc1[nH]nc(Nc2ncnc3cc(OCCCN4CCN(c5ncc(C(=O)Nc6cccc7c6CN([C@H]6CCC(=O)NC6=O)C7=O)cn5)CC4)c(S(=O)(=O)C(C)(C)C)cc23)c1C.Cl.Cl. The molecule has 126 heavy (non-hydrogen) atoms. The van der Waals surface area contributed by atoms with Gasteiger partial charge < -0.3 is 64.4 Å². The Kier molecular flexibility index (Phi) is 30.0. The average molecular weight is 1830 g/mol. The molecule has 1 unspecified atom stereocenters. The molecular formula is C85H98Cl2N18O18S3. The number of hydrogen-bond donors (Lipinski definition) is 7. The van der Waals surface area contributed by atoms with Crippen molar-refractivity contribution in [3.05, 3.63) is 154 Å². The monoisotopic (exact) mass is 1820 g/mol. The number of H-pyrrole nitrogens is 1.